The Labute approximate surface area is 89.0 Å². The molecule has 0 bridgehead atoms. The van der Waals surface area contributed by atoms with Crippen LogP contribution in [0.15, 0.2) is 30.3 Å². The highest BCUT2D eigenvalue weighted by molar-refractivity contribution is 5.78. The van der Waals surface area contributed by atoms with Gasteiger partial charge in [-0.25, -0.2) is 0 Å². The Bertz CT molecular complexity index is 330. The van der Waals surface area contributed by atoms with E-state index >= 15 is 0 Å². The summed E-state index contributed by atoms with van der Waals surface area (Å²) < 4.78 is 9.95. The summed E-state index contributed by atoms with van der Waals surface area (Å²) in [5.74, 6) is -0.375. The predicted octanol–water partition coefficient (Wildman–Crippen LogP) is 1.73. The van der Waals surface area contributed by atoms with E-state index in [0.717, 1.165) is 18.6 Å². The van der Waals surface area contributed by atoms with Crippen LogP contribution >= 0.6 is 0 Å². The van der Waals surface area contributed by atoms with Crippen molar-refractivity contribution in [3.63, 3.8) is 0 Å². The Morgan fingerprint density at radius 3 is 2.73 bits per heavy atom. The lowest BCUT2D eigenvalue weighted by Crippen LogP contribution is -2.16. The molecular weight excluding hydrogens is 192 g/mol. The lowest BCUT2D eigenvalue weighted by molar-refractivity contribution is -0.142. The Kier molecular flexibility index (Phi) is 3.02. The molecule has 2 rings (SSSR count). The van der Waals surface area contributed by atoms with Gasteiger partial charge in [0.2, 0.25) is 0 Å². The Morgan fingerprint density at radius 2 is 2.20 bits per heavy atom. The molecule has 15 heavy (non-hydrogen) atoms. The first-order chi connectivity index (χ1) is 7.31. The number of hydrogen-bond donors (Lipinski definition) is 0. The summed E-state index contributed by atoms with van der Waals surface area (Å²) in [6, 6.07) is 9.69. The molecule has 1 aromatic carbocycles. The van der Waals surface area contributed by atoms with Gasteiger partial charge in [0.25, 0.3) is 0 Å². The monoisotopic (exact) mass is 206 g/mol. The summed E-state index contributed by atoms with van der Waals surface area (Å²) >= 11 is 0. The molecule has 3 nitrogen and oxygen atoms in total. The number of rotatable bonds is 4. The quantitative estimate of drug-likeness (QED) is 0.556. The topological polar surface area (TPSA) is 38.8 Å². The molecule has 0 spiro atoms. The molecule has 0 amide bonds. The molecule has 0 N–H and O–H groups in total. The molecule has 0 aromatic heterocycles. The summed E-state index contributed by atoms with van der Waals surface area (Å²) in [7, 11) is 1.42. The van der Waals surface area contributed by atoms with Crippen molar-refractivity contribution >= 4 is 5.97 Å². The van der Waals surface area contributed by atoms with Crippen molar-refractivity contribution in [1.29, 1.82) is 0 Å². The van der Waals surface area contributed by atoms with Crippen LogP contribution in [0.1, 0.15) is 17.9 Å². The molecule has 2 atom stereocenters. The molecule has 80 valence electrons. The van der Waals surface area contributed by atoms with Crippen LogP contribution in [0.4, 0.5) is 0 Å². The van der Waals surface area contributed by atoms with E-state index < -0.39 is 0 Å². The van der Waals surface area contributed by atoms with Gasteiger partial charge in [-0.05, 0) is 12.0 Å². The minimum Gasteiger partial charge on any atom is -0.469 e. The van der Waals surface area contributed by atoms with Crippen molar-refractivity contribution in [2.45, 2.75) is 18.4 Å². The zero-order chi connectivity index (χ0) is 10.7. The SMILES string of the molecule is COC(=O)C(C[C@@H]1CO1)c1ccccc1. The van der Waals surface area contributed by atoms with Crippen LogP contribution < -0.4 is 0 Å². The average molecular weight is 206 g/mol. The third-order valence-corrected chi connectivity index (χ3v) is 2.59. The van der Waals surface area contributed by atoms with Gasteiger partial charge >= 0.3 is 5.97 Å². The van der Waals surface area contributed by atoms with Gasteiger partial charge in [-0.2, -0.15) is 0 Å². The molecule has 0 aliphatic carbocycles. The van der Waals surface area contributed by atoms with E-state index in [4.69, 9.17) is 9.47 Å². The van der Waals surface area contributed by atoms with Crippen LogP contribution in [-0.2, 0) is 14.3 Å². The van der Waals surface area contributed by atoms with E-state index in [-0.39, 0.29) is 18.0 Å². The number of carbonyl (C=O) groups is 1. The van der Waals surface area contributed by atoms with Gasteiger partial charge in [0.15, 0.2) is 0 Å². The molecule has 1 aliphatic heterocycles. The normalized spacial score (nSPS) is 20.7. The van der Waals surface area contributed by atoms with Gasteiger partial charge in [-0.15, -0.1) is 0 Å². The first-order valence-electron chi connectivity index (χ1n) is 5.05. The van der Waals surface area contributed by atoms with Crippen LogP contribution in [0.5, 0.6) is 0 Å². The second-order valence-corrected chi connectivity index (χ2v) is 3.68. The van der Waals surface area contributed by atoms with Crippen molar-refractivity contribution in [3.8, 4) is 0 Å². The van der Waals surface area contributed by atoms with Crippen LogP contribution in [-0.4, -0.2) is 25.8 Å². The average Bonchev–Trinajstić information content (AvgIpc) is 3.10. The lowest BCUT2D eigenvalue weighted by atomic mass is 9.94. The predicted molar refractivity (Wildman–Crippen MR) is 55.6 cm³/mol. The van der Waals surface area contributed by atoms with Crippen molar-refractivity contribution in [3.05, 3.63) is 35.9 Å². The molecular formula is C12H14O3. The number of methoxy groups -OCH3 is 1. The Balaban J connectivity index is 2.13. The zero-order valence-electron chi connectivity index (χ0n) is 8.68. The number of hydrogen-bond acceptors (Lipinski definition) is 3. The van der Waals surface area contributed by atoms with Crippen LogP contribution in [0, 0.1) is 0 Å². The van der Waals surface area contributed by atoms with E-state index in [1.54, 1.807) is 0 Å². The molecule has 1 heterocycles. The number of esters is 1. The second-order valence-electron chi connectivity index (χ2n) is 3.68. The van der Waals surface area contributed by atoms with E-state index in [2.05, 4.69) is 0 Å². The maximum absolute atomic E-state index is 11.6. The van der Waals surface area contributed by atoms with Gasteiger partial charge in [0.1, 0.15) is 0 Å². The van der Waals surface area contributed by atoms with E-state index in [1.165, 1.54) is 7.11 Å². The number of ether oxygens (including phenoxy) is 2. The molecule has 1 unspecified atom stereocenters. The molecule has 1 fully saturated rings. The molecule has 0 radical (unpaired) electrons. The van der Waals surface area contributed by atoms with Gasteiger partial charge in [-0.1, -0.05) is 30.3 Å². The maximum Gasteiger partial charge on any atom is 0.313 e. The zero-order valence-corrected chi connectivity index (χ0v) is 8.68. The van der Waals surface area contributed by atoms with Crippen molar-refractivity contribution < 1.29 is 14.3 Å². The van der Waals surface area contributed by atoms with E-state index in [9.17, 15) is 4.79 Å². The Hall–Kier alpha value is -1.35. The summed E-state index contributed by atoms with van der Waals surface area (Å²) in [5, 5.41) is 0. The highest BCUT2D eigenvalue weighted by Gasteiger charge is 2.31. The largest absolute Gasteiger partial charge is 0.469 e. The number of carbonyl (C=O) groups excluding carboxylic acids is 1. The number of benzene rings is 1. The third kappa shape index (κ3) is 2.57. The van der Waals surface area contributed by atoms with Gasteiger partial charge < -0.3 is 9.47 Å². The van der Waals surface area contributed by atoms with Gasteiger partial charge in [0.05, 0.1) is 25.7 Å². The first-order valence-corrected chi connectivity index (χ1v) is 5.05. The van der Waals surface area contributed by atoms with Crippen LogP contribution in [0.25, 0.3) is 0 Å². The fraction of sp³-hybridized carbons (Fsp3) is 0.417. The molecule has 1 aliphatic rings. The van der Waals surface area contributed by atoms with Crippen LogP contribution in [0.3, 0.4) is 0 Å². The summed E-state index contributed by atoms with van der Waals surface area (Å²) in [5.41, 5.74) is 1.000. The number of epoxide rings is 1. The molecule has 0 saturated carbocycles. The first kappa shape index (κ1) is 10.2. The van der Waals surface area contributed by atoms with Crippen LogP contribution in [0.2, 0.25) is 0 Å². The fourth-order valence-corrected chi connectivity index (χ4v) is 1.66. The second kappa shape index (κ2) is 4.45. The molecule has 3 heteroatoms. The summed E-state index contributed by atoms with van der Waals surface area (Å²) in [6.45, 7) is 0.764. The smallest absolute Gasteiger partial charge is 0.313 e. The highest BCUT2D eigenvalue weighted by Crippen LogP contribution is 2.28. The fourth-order valence-electron chi connectivity index (χ4n) is 1.66. The maximum atomic E-state index is 11.6. The molecule has 1 saturated heterocycles. The Morgan fingerprint density at radius 1 is 1.53 bits per heavy atom. The third-order valence-electron chi connectivity index (χ3n) is 2.59. The minimum atomic E-state index is -0.191. The van der Waals surface area contributed by atoms with Crippen molar-refractivity contribution in [2.75, 3.05) is 13.7 Å². The van der Waals surface area contributed by atoms with Crippen molar-refractivity contribution in [2.24, 2.45) is 0 Å². The van der Waals surface area contributed by atoms with E-state index in [1.807, 2.05) is 30.3 Å². The van der Waals surface area contributed by atoms with Gasteiger partial charge in [0, 0.05) is 0 Å². The standard InChI is InChI=1S/C12H14O3/c1-14-12(13)11(7-10-8-15-10)9-5-3-2-4-6-9/h2-6,10-11H,7-8H2,1H3/t10-,11?/m1/s1. The summed E-state index contributed by atoms with van der Waals surface area (Å²) in [6.07, 6.45) is 0.950. The minimum absolute atomic E-state index is 0.184. The van der Waals surface area contributed by atoms with Gasteiger partial charge in [-0.3, -0.25) is 4.79 Å². The van der Waals surface area contributed by atoms with E-state index in [0.29, 0.717) is 0 Å². The molecule has 1 aromatic rings. The highest BCUT2D eigenvalue weighted by atomic mass is 16.6. The van der Waals surface area contributed by atoms with Crippen molar-refractivity contribution in [1.82, 2.24) is 0 Å². The summed E-state index contributed by atoms with van der Waals surface area (Å²) in [4.78, 5) is 11.6. The lowest BCUT2D eigenvalue weighted by Gasteiger charge is -2.13.